The summed E-state index contributed by atoms with van der Waals surface area (Å²) in [5.41, 5.74) is 1.55. The first kappa shape index (κ1) is 28.4. The molecule has 0 unspecified atom stereocenters. The smallest absolute Gasteiger partial charge is 0.0166 e. The lowest BCUT2D eigenvalue weighted by Crippen LogP contribution is -2.25. The Labute approximate surface area is 185 Å². The first-order valence-electron chi connectivity index (χ1n) is 12.1. The minimum atomic E-state index is 0.377. The second kappa shape index (κ2) is 12.3. The first-order valence-corrected chi connectivity index (χ1v) is 12.1. The van der Waals surface area contributed by atoms with Gasteiger partial charge in [0.15, 0.2) is 0 Å². The van der Waals surface area contributed by atoms with Crippen molar-refractivity contribution in [3.05, 3.63) is 24.3 Å². The predicted molar refractivity (Wildman–Crippen MR) is 135 cm³/mol. The topological polar surface area (TPSA) is 3.24 Å². The largest absolute Gasteiger partial charge is 0.296 e. The molecule has 0 amide bonds. The molecule has 0 spiro atoms. The minimum absolute atomic E-state index is 0.377. The van der Waals surface area contributed by atoms with Gasteiger partial charge in [-0.2, -0.15) is 0 Å². The zero-order valence-electron chi connectivity index (χ0n) is 22.1. The second-order valence-corrected chi connectivity index (χ2v) is 13.3. The highest BCUT2D eigenvalue weighted by molar-refractivity contribution is 4.94. The number of unbranched alkanes of at least 4 members (excludes halogenated alkanes) is 1. The molecule has 0 saturated heterocycles. The molecule has 29 heavy (non-hydrogen) atoms. The van der Waals surface area contributed by atoms with Crippen molar-refractivity contribution in [1.29, 1.82) is 0 Å². The SMILES string of the molecule is CCCCN(C/C=C/CC(C)(C)CC(C)(C)C)C/C=C/CC(C)(C)CC(C)(C)C. The number of allylic oxidation sites excluding steroid dienone is 2. The fourth-order valence-electron chi connectivity index (χ4n) is 4.91. The van der Waals surface area contributed by atoms with Gasteiger partial charge in [-0.1, -0.05) is 107 Å². The average molecular weight is 406 g/mol. The highest BCUT2D eigenvalue weighted by Crippen LogP contribution is 2.36. The van der Waals surface area contributed by atoms with E-state index in [0.717, 1.165) is 13.1 Å². The number of hydrogen-bond acceptors (Lipinski definition) is 1. The van der Waals surface area contributed by atoms with Gasteiger partial charge in [0.05, 0.1) is 0 Å². The van der Waals surface area contributed by atoms with E-state index in [1.54, 1.807) is 0 Å². The third-order valence-corrected chi connectivity index (χ3v) is 5.25. The van der Waals surface area contributed by atoms with Gasteiger partial charge in [-0.05, 0) is 60.3 Å². The van der Waals surface area contributed by atoms with E-state index in [9.17, 15) is 0 Å². The summed E-state index contributed by atoms with van der Waals surface area (Å²) in [6.45, 7) is 29.3. The minimum Gasteiger partial charge on any atom is -0.296 e. The summed E-state index contributed by atoms with van der Waals surface area (Å²) in [6, 6.07) is 0. The molecule has 0 aromatic rings. The van der Waals surface area contributed by atoms with Crippen LogP contribution in [0.3, 0.4) is 0 Å². The second-order valence-electron chi connectivity index (χ2n) is 13.3. The van der Waals surface area contributed by atoms with Crippen molar-refractivity contribution in [2.24, 2.45) is 21.7 Å². The third-order valence-electron chi connectivity index (χ3n) is 5.25. The Morgan fingerprint density at radius 2 is 0.966 bits per heavy atom. The van der Waals surface area contributed by atoms with E-state index in [2.05, 4.69) is 105 Å². The molecule has 0 aliphatic heterocycles. The van der Waals surface area contributed by atoms with E-state index in [0.29, 0.717) is 21.7 Å². The van der Waals surface area contributed by atoms with E-state index < -0.39 is 0 Å². The van der Waals surface area contributed by atoms with Crippen molar-refractivity contribution >= 4 is 0 Å². The van der Waals surface area contributed by atoms with Gasteiger partial charge < -0.3 is 0 Å². The highest BCUT2D eigenvalue weighted by atomic mass is 15.1. The molecule has 0 N–H and O–H groups in total. The summed E-state index contributed by atoms with van der Waals surface area (Å²) in [6.07, 6.45) is 17.0. The highest BCUT2D eigenvalue weighted by Gasteiger charge is 2.25. The lowest BCUT2D eigenvalue weighted by molar-refractivity contribution is 0.214. The monoisotopic (exact) mass is 405 g/mol. The quantitative estimate of drug-likeness (QED) is 0.276. The zero-order chi connectivity index (χ0) is 22.8. The summed E-state index contributed by atoms with van der Waals surface area (Å²) < 4.78 is 0. The summed E-state index contributed by atoms with van der Waals surface area (Å²) in [7, 11) is 0. The van der Waals surface area contributed by atoms with Crippen molar-refractivity contribution in [1.82, 2.24) is 4.90 Å². The Morgan fingerprint density at radius 1 is 0.586 bits per heavy atom. The Hall–Kier alpha value is -0.560. The van der Waals surface area contributed by atoms with E-state index in [1.807, 2.05) is 0 Å². The summed E-state index contributed by atoms with van der Waals surface area (Å²) in [4.78, 5) is 2.59. The van der Waals surface area contributed by atoms with Crippen LogP contribution in [0.15, 0.2) is 24.3 Å². The number of hydrogen-bond donors (Lipinski definition) is 0. The van der Waals surface area contributed by atoms with Gasteiger partial charge in [0.2, 0.25) is 0 Å². The van der Waals surface area contributed by atoms with Crippen LogP contribution in [-0.4, -0.2) is 24.5 Å². The molecule has 0 saturated carbocycles. The van der Waals surface area contributed by atoms with Gasteiger partial charge in [-0.3, -0.25) is 4.90 Å². The third kappa shape index (κ3) is 18.0. The summed E-state index contributed by atoms with van der Waals surface area (Å²) in [5, 5.41) is 0. The van der Waals surface area contributed by atoms with Crippen LogP contribution < -0.4 is 0 Å². The lowest BCUT2D eigenvalue weighted by Gasteiger charge is -2.31. The van der Waals surface area contributed by atoms with Gasteiger partial charge in [-0.25, -0.2) is 0 Å². The van der Waals surface area contributed by atoms with Gasteiger partial charge >= 0.3 is 0 Å². The predicted octanol–water partition coefficient (Wildman–Crippen LogP) is 8.91. The van der Waals surface area contributed by atoms with E-state index in [-0.39, 0.29) is 0 Å². The van der Waals surface area contributed by atoms with Gasteiger partial charge in [0, 0.05) is 13.1 Å². The van der Waals surface area contributed by atoms with Gasteiger partial charge in [0.25, 0.3) is 0 Å². The molecule has 0 aliphatic carbocycles. The molecule has 0 fully saturated rings. The van der Waals surface area contributed by atoms with Crippen LogP contribution in [0.25, 0.3) is 0 Å². The van der Waals surface area contributed by atoms with Gasteiger partial charge in [-0.15, -0.1) is 0 Å². The molecule has 0 atom stereocenters. The maximum absolute atomic E-state index is 2.59. The molecule has 0 heterocycles. The first-order chi connectivity index (χ1) is 13.1. The van der Waals surface area contributed by atoms with Crippen LogP contribution in [0.4, 0.5) is 0 Å². The molecule has 0 aliphatic rings. The standard InChI is InChI=1S/C28H55N/c1-12-13-20-29(21-16-14-18-27(8,9)23-25(2,3)4)22-17-15-19-28(10,11)24-26(5,6)7/h14-17H,12-13,18-24H2,1-11H3/b16-14+,17-15+. The van der Waals surface area contributed by atoms with Crippen molar-refractivity contribution in [2.75, 3.05) is 19.6 Å². The van der Waals surface area contributed by atoms with Crippen molar-refractivity contribution in [3.8, 4) is 0 Å². The Bertz CT molecular complexity index is 437. The molecule has 0 radical (unpaired) electrons. The molecule has 0 bridgehead atoms. The molecular weight excluding hydrogens is 350 g/mol. The van der Waals surface area contributed by atoms with Crippen LogP contribution >= 0.6 is 0 Å². The molecule has 0 aromatic carbocycles. The number of nitrogens with zero attached hydrogens (tertiary/aromatic N) is 1. The van der Waals surface area contributed by atoms with Crippen molar-refractivity contribution in [3.63, 3.8) is 0 Å². The fourth-order valence-corrected chi connectivity index (χ4v) is 4.91. The molecular formula is C28H55N. The average Bonchev–Trinajstić information content (AvgIpc) is 2.47. The summed E-state index contributed by atoms with van der Waals surface area (Å²) in [5.74, 6) is 0. The van der Waals surface area contributed by atoms with Crippen LogP contribution in [0.5, 0.6) is 0 Å². The van der Waals surface area contributed by atoms with Gasteiger partial charge in [0.1, 0.15) is 0 Å². The Balaban J connectivity index is 4.59. The van der Waals surface area contributed by atoms with E-state index >= 15 is 0 Å². The lowest BCUT2D eigenvalue weighted by atomic mass is 9.74. The number of rotatable bonds is 13. The van der Waals surface area contributed by atoms with Crippen LogP contribution in [0.1, 0.15) is 115 Å². The molecule has 1 nitrogen and oxygen atoms in total. The van der Waals surface area contributed by atoms with Crippen molar-refractivity contribution < 1.29 is 0 Å². The normalized spacial score (nSPS) is 14.6. The maximum Gasteiger partial charge on any atom is 0.0166 e. The Kier molecular flexibility index (Phi) is 12.1. The molecule has 0 rings (SSSR count). The van der Waals surface area contributed by atoms with Crippen LogP contribution in [0, 0.1) is 21.7 Å². The van der Waals surface area contributed by atoms with Crippen molar-refractivity contribution in [2.45, 2.75) is 115 Å². The Morgan fingerprint density at radius 3 is 1.28 bits per heavy atom. The van der Waals surface area contributed by atoms with Crippen LogP contribution in [0.2, 0.25) is 0 Å². The maximum atomic E-state index is 2.59. The molecule has 1 heteroatoms. The fraction of sp³-hybridized carbons (Fsp3) is 0.857. The summed E-state index contributed by atoms with van der Waals surface area (Å²) >= 11 is 0. The molecule has 0 aromatic heterocycles. The van der Waals surface area contributed by atoms with E-state index in [4.69, 9.17) is 0 Å². The van der Waals surface area contributed by atoms with Crippen LogP contribution in [-0.2, 0) is 0 Å². The zero-order valence-corrected chi connectivity index (χ0v) is 22.1. The molecule has 172 valence electrons. The van der Waals surface area contributed by atoms with E-state index in [1.165, 1.54) is 45.1 Å².